The van der Waals surface area contributed by atoms with Crippen LogP contribution in [0.25, 0.3) is 0 Å². The van der Waals surface area contributed by atoms with Gasteiger partial charge >= 0.3 is 0 Å². The molecule has 0 bridgehead atoms. The van der Waals surface area contributed by atoms with Crippen LogP contribution in [0.2, 0.25) is 0 Å². The molecule has 2 nitrogen and oxygen atoms in total. The van der Waals surface area contributed by atoms with Crippen LogP contribution in [0.3, 0.4) is 0 Å². The summed E-state index contributed by atoms with van der Waals surface area (Å²) in [6, 6.07) is 12.9. The SMILES string of the molecule is CCN(c1ccc(CN)c(C)c1)c1ccccc1F. The maximum Gasteiger partial charge on any atom is 0.146 e. The predicted molar refractivity (Wildman–Crippen MR) is 78.2 cm³/mol. The lowest BCUT2D eigenvalue weighted by Crippen LogP contribution is -2.17. The van der Waals surface area contributed by atoms with Crippen molar-refractivity contribution >= 4 is 11.4 Å². The average Bonchev–Trinajstić information content (AvgIpc) is 2.42. The van der Waals surface area contributed by atoms with E-state index in [-0.39, 0.29) is 5.82 Å². The Balaban J connectivity index is 2.43. The first-order valence-electron chi connectivity index (χ1n) is 6.49. The summed E-state index contributed by atoms with van der Waals surface area (Å²) in [7, 11) is 0. The zero-order valence-corrected chi connectivity index (χ0v) is 11.4. The van der Waals surface area contributed by atoms with Gasteiger partial charge in [0.25, 0.3) is 0 Å². The van der Waals surface area contributed by atoms with Crippen molar-refractivity contribution in [1.29, 1.82) is 0 Å². The minimum Gasteiger partial charge on any atom is -0.339 e. The molecule has 3 heteroatoms. The molecule has 0 heterocycles. The van der Waals surface area contributed by atoms with Crippen molar-refractivity contribution in [2.75, 3.05) is 11.4 Å². The molecule has 0 saturated carbocycles. The fourth-order valence-electron chi connectivity index (χ4n) is 2.24. The number of anilines is 2. The fourth-order valence-corrected chi connectivity index (χ4v) is 2.24. The highest BCUT2D eigenvalue weighted by Gasteiger charge is 2.12. The van der Waals surface area contributed by atoms with Crippen molar-refractivity contribution in [3.63, 3.8) is 0 Å². The third kappa shape index (κ3) is 2.76. The van der Waals surface area contributed by atoms with Crippen LogP contribution in [0.1, 0.15) is 18.1 Å². The molecule has 0 fully saturated rings. The number of nitrogens with two attached hydrogens (primary N) is 1. The first kappa shape index (κ1) is 13.6. The number of benzene rings is 2. The maximum atomic E-state index is 13.9. The molecule has 0 aliphatic carbocycles. The topological polar surface area (TPSA) is 29.3 Å². The highest BCUT2D eigenvalue weighted by atomic mass is 19.1. The third-order valence-corrected chi connectivity index (χ3v) is 3.32. The van der Waals surface area contributed by atoms with E-state index in [0.717, 1.165) is 16.8 Å². The van der Waals surface area contributed by atoms with Crippen LogP contribution < -0.4 is 10.6 Å². The molecule has 2 aromatic carbocycles. The number of hydrogen-bond donors (Lipinski definition) is 1. The molecule has 0 radical (unpaired) electrons. The molecule has 0 saturated heterocycles. The van der Waals surface area contributed by atoms with Crippen LogP contribution in [0.4, 0.5) is 15.8 Å². The van der Waals surface area contributed by atoms with Gasteiger partial charge in [-0.25, -0.2) is 4.39 Å². The lowest BCUT2D eigenvalue weighted by molar-refractivity contribution is 0.625. The van der Waals surface area contributed by atoms with Crippen LogP contribution in [-0.4, -0.2) is 6.54 Å². The Morgan fingerprint density at radius 2 is 1.89 bits per heavy atom. The lowest BCUT2D eigenvalue weighted by Gasteiger charge is -2.24. The van der Waals surface area contributed by atoms with E-state index in [4.69, 9.17) is 5.73 Å². The Bertz CT molecular complexity index is 566. The maximum absolute atomic E-state index is 13.9. The Morgan fingerprint density at radius 3 is 2.47 bits per heavy atom. The monoisotopic (exact) mass is 258 g/mol. The lowest BCUT2D eigenvalue weighted by atomic mass is 10.1. The molecule has 0 aromatic heterocycles. The van der Waals surface area contributed by atoms with Crippen molar-refractivity contribution in [2.45, 2.75) is 20.4 Å². The number of aryl methyl sites for hydroxylation is 1. The van der Waals surface area contributed by atoms with Gasteiger partial charge < -0.3 is 10.6 Å². The Kier molecular flexibility index (Phi) is 4.17. The Hall–Kier alpha value is -1.87. The van der Waals surface area contributed by atoms with Gasteiger partial charge in [-0.05, 0) is 49.2 Å². The zero-order chi connectivity index (χ0) is 13.8. The second kappa shape index (κ2) is 5.85. The summed E-state index contributed by atoms with van der Waals surface area (Å²) >= 11 is 0. The minimum atomic E-state index is -0.204. The smallest absolute Gasteiger partial charge is 0.146 e. The standard InChI is InChI=1S/C16H19FN2/c1-3-19(16-7-5-4-6-15(16)17)14-9-8-13(11-18)12(2)10-14/h4-10H,3,11,18H2,1-2H3. The summed E-state index contributed by atoms with van der Waals surface area (Å²) in [4.78, 5) is 1.96. The van der Waals surface area contributed by atoms with E-state index < -0.39 is 0 Å². The van der Waals surface area contributed by atoms with Crippen molar-refractivity contribution in [1.82, 2.24) is 0 Å². The van der Waals surface area contributed by atoms with Crippen LogP contribution in [0, 0.1) is 12.7 Å². The number of nitrogens with zero attached hydrogens (tertiary/aromatic N) is 1. The number of para-hydroxylation sites is 1. The van der Waals surface area contributed by atoms with Crippen molar-refractivity contribution < 1.29 is 4.39 Å². The zero-order valence-electron chi connectivity index (χ0n) is 11.4. The second-order valence-corrected chi connectivity index (χ2v) is 4.51. The van der Waals surface area contributed by atoms with Gasteiger partial charge in [0, 0.05) is 18.8 Å². The normalized spacial score (nSPS) is 10.5. The van der Waals surface area contributed by atoms with E-state index in [1.54, 1.807) is 12.1 Å². The molecule has 0 aliphatic heterocycles. The molecule has 0 amide bonds. The summed E-state index contributed by atoms with van der Waals surface area (Å²) in [5.74, 6) is -0.204. The number of halogens is 1. The van der Waals surface area contributed by atoms with Gasteiger partial charge in [0.15, 0.2) is 0 Å². The minimum absolute atomic E-state index is 0.204. The van der Waals surface area contributed by atoms with E-state index in [2.05, 4.69) is 6.07 Å². The first-order chi connectivity index (χ1) is 9.17. The van der Waals surface area contributed by atoms with Gasteiger partial charge in [0.2, 0.25) is 0 Å². The molecule has 2 N–H and O–H groups in total. The largest absolute Gasteiger partial charge is 0.339 e. The Morgan fingerprint density at radius 1 is 1.16 bits per heavy atom. The van der Waals surface area contributed by atoms with Gasteiger partial charge in [-0.2, -0.15) is 0 Å². The number of rotatable bonds is 4. The highest BCUT2D eigenvalue weighted by Crippen LogP contribution is 2.28. The summed E-state index contributed by atoms with van der Waals surface area (Å²) in [5, 5.41) is 0. The van der Waals surface area contributed by atoms with Crippen LogP contribution in [-0.2, 0) is 6.54 Å². The fraction of sp³-hybridized carbons (Fsp3) is 0.250. The average molecular weight is 258 g/mol. The molecule has 0 unspecified atom stereocenters. The molecule has 2 rings (SSSR count). The Labute approximate surface area is 113 Å². The second-order valence-electron chi connectivity index (χ2n) is 4.51. The van der Waals surface area contributed by atoms with Crippen LogP contribution >= 0.6 is 0 Å². The van der Waals surface area contributed by atoms with Gasteiger partial charge in [-0.15, -0.1) is 0 Å². The quantitative estimate of drug-likeness (QED) is 0.905. The number of hydrogen-bond acceptors (Lipinski definition) is 2. The molecule has 19 heavy (non-hydrogen) atoms. The first-order valence-corrected chi connectivity index (χ1v) is 6.49. The van der Waals surface area contributed by atoms with E-state index >= 15 is 0 Å². The molecular formula is C16H19FN2. The van der Waals surface area contributed by atoms with Gasteiger partial charge in [0.1, 0.15) is 5.82 Å². The van der Waals surface area contributed by atoms with E-state index in [0.29, 0.717) is 18.8 Å². The summed E-state index contributed by atoms with van der Waals surface area (Å²) in [6.07, 6.45) is 0. The summed E-state index contributed by atoms with van der Waals surface area (Å²) < 4.78 is 13.9. The highest BCUT2D eigenvalue weighted by molar-refractivity contribution is 5.64. The van der Waals surface area contributed by atoms with E-state index in [1.165, 1.54) is 6.07 Å². The van der Waals surface area contributed by atoms with Crippen molar-refractivity contribution in [2.24, 2.45) is 5.73 Å². The molecule has 100 valence electrons. The van der Waals surface area contributed by atoms with E-state index in [9.17, 15) is 4.39 Å². The predicted octanol–water partition coefficient (Wildman–Crippen LogP) is 3.75. The van der Waals surface area contributed by atoms with Crippen molar-refractivity contribution in [3.8, 4) is 0 Å². The molecule has 0 aliphatic rings. The summed E-state index contributed by atoms with van der Waals surface area (Å²) in [6.45, 7) is 5.28. The van der Waals surface area contributed by atoms with Crippen LogP contribution in [0.15, 0.2) is 42.5 Å². The molecule has 2 aromatic rings. The van der Waals surface area contributed by atoms with Gasteiger partial charge in [0.05, 0.1) is 5.69 Å². The third-order valence-electron chi connectivity index (χ3n) is 3.32. The summed E-state index contributed by atoms with van der Waals surface area (Å²) in [5.41, 5.74) is 9.51. The van der Waals surface area contributed by atoms with E-state index in [1.807, 2.05) is 36.9 Å². The van der Waals surface area contributed by atoms with Crippen LogP contribution in [0.5, 0.6) is 0 Å². The van der Waals surface area contributed by atoms with Crippen molar-refractivity contribution in [3.05, 3.63) is 59.4 Å². The molecule has 0 spiro atoms. The molecule has 0 atom stereocenters. The molecular weight excluding hydrogens is 239 g/mol. The van der Waals surface area contributed by atoms with Gasteiger partial charge in [-0.1, -0.05) is 18.2 Å². The van der Waals surface area contributed by atoms with Gasteiger partial charge in [-0.3, -0.25) is 0 Å².